The number of nitrogens with zero attached hydrogens (tertiary/aromatic N) is 2. The summed E-state index contributed by atoms with van der Waals surface area (Å²) in [6.07, 6.45) is 0.195. The predicted molar refractivity (Wildman–Crippen MR) is 81.6 cm³/mol. The monoisotopic (exact) mass is 290 g/mol. The quantitative estimate of drug-likeness (QED) is 0.915. The SMILES string of the molecule is CC(C)Cc1nc2ccc(O)cc2n1C(=O)OC(C)(C)C. The van der Waals surface area contributed by atoms with Crippen LogP contribution in [0.1, 0.15) is 40.4 Å². The molecule has 0 aliphatic rings. The Morgan fingerprint density at radius 3 is 2.62 bits per heavy atom. The summed E-state index contributed by atoms with van der Waals surface area (Å²) in [6, 6.07) is 4.80. The highest BCUT2D eigenvalue weighted by Crippen LogP contribution is 2.24. The Kier molecular flexibility index (Phi) is 3.94. The molecular formula is C16H22N2O3. The molecule has 21 heavy (non-hydrogen) atoms. The minimum atomic E-state index is -0.584. The first kappa shape index (κ1) is 15.4. The van der Waals surface area contributed by atoms with Crippen molar-refractivity contribution in [2.45, 2.75) is 46.6 Å². The van der Waals surface area contributed by atoms with Crippen LogP contribution in [-0.2, 0) is 11.2 Å². The number of rotatable bonds is 2. The van der Waals surface area contributed by atoms with Gasteiger partial charge in [-0.2, -0.15) is 0 Å². The second-order valence-electron chi connectivity index (χ2n) is 6.61. The number of ether oxygens (including phenoxy) is 1. The van der Waals surface area contributed by atoms with Crippen LogP contribution in [0.5, 0.6) is 5.75 Å². The molecule has 0 saturated carbocycles. The van der Waals surface area contributed by atoms with Crippen molar-refractivity contribution in [3.63, 3.8) is 0 Å². The molecule has 1 aromatic carbocycles. The molecule has 5 nitrogen and oxygen atoms in total. The summed E-state index contributed by atoms with van der Waals surface area (Å²) in [6.45, 7) is 9.60. The molecule has 0 aliphatic heterocycles. The Morgan fingerprint density at radius 2 is 2.05 bits per heavy atom. The van der Waals surface area contributed by atoms with Gasteiger partial charge in [0.1, 0.15) is 17.2 Å². The highest BCUT2D eigenvalue weighted by atomic mass is 16.6. The molecule has 5 heteroatoms. The van der Waals surface area contributed by atoms with E-state index in [2.05, 4.69) is 18.8 Å². The van der Waals surface area contributed by atoms with E-state index in [1.165, 1.54) is 10.6 Å². The minimum absolute atomic E-state index is 0.100. The second-order valence-corrected chi connectivity index (χ2v) is 6.61. The van der Waals surface area contributed by atoms with Crippen LogP contribution in [0.4, 0.5) is 4.79 Å². The van der Waals surface area contributed by atoms with Gasteiger partial charge < -0.3 is 9.84 Å². The maximum absolute atomic E-state index is 12.5. The van der Waals surface area contributed by atoms with E-state index in [-0.39, 0.29) is 5.75 Å². The number of carbonyl (C=O) groups is 1. The molecule has 0 spiro atoms. The van der Waals surface area contributed by atoms with Crippen molar-refractivity contribution in [1.29, 1.82) is 0 Å². The zero-order valence-electron chi connectivity index (χ0n) is 13.2. The van der Waals surface area contributed by atoms with Gasteiger partial charge >= 0.3 is 6.09 Å². The Hall–Kier alpha value is -2.04. The molecule has 1 N–H and O–H groups in total. The number of carbonyl (C=O) groups excluding carboxylic acids is 1. The van der Waals surface area contributed by atoms with Crippen molar-refractivity contribution in [3.8, 4) is 5.75 Å². The number of phenolic OH excluding ortho intramolecular Hbond substituents is 1. The number of hydrogen-bond donors (Lipinski definition) is 1. The number of fused-ring (bicyclic) bond motifs is 1. The molecule has 0 saturated heterocycles. The van der Waals surface area contributed by atoms with E-state index in [1.807, 2.05) is 20.8 Å². The average Bonchev–Trinajstić information content (AvgIpc) is 2.62. The fourth-order valence-corrected chi connectivity index (χ4v) is 2.13. The zero-order valence-corrected chi connectivity index (χ0v) is 13.2. The molecule has 0 fully saturated rings. The summed E-state index contributed by atoms with van der Waals surface area (Å²) in [5, 5.41) is 9.67. The van der Waals surface area contributed by atoms with Crippen LogP contribution in [-0.4, -0.2) is 26.4 Å². The highest BCUT2D eigenvalue weighted by molar-refractivity contribution is 5.88. The summed E-state index contributed by atoms with van der Waals surface area (Å²) in [5.41, 5.74) is 0.661. The maximum atomic E-state index is 12.5. The Morgan fingerprint density at radius 1 is 1.38 bits per heavy atom. The Bertz CT molecular complexity index is 666. The molecule has 0 unspecified atom stereocenters. The van der Waals surface area contributed by atoms with Crippen LogP contribution in [0.15, 0.2) is 18.2 Å². The second kappa shape index (κ2) is 5.39. The van der Waals surface area contributed by atoms with Crippen LogP contribution in [0.3, 0.4) is 0 Å². The van der Waals surface area contributed by atoms with Gasteiger partial charge in [-0.05, 0) is 38.8 Å². The first-order valence-electron chi connectivity index (χ1n) is 7.11. The number of imidazole rings is 1. The summed E-state index contributed by atoms with van der Waals surface area (Å²) in [7, 11) is 0. The van der Waals surface area contributed by atoms with Crippen molar-refractivity contribution < 1.29 is 14.6 Å². The van der Waals surface area contributed by atoms with E-state index >= 15 is 0 Å². The molecule has 0 atom stereocenters. The van der Waals surface area contributed by atoms with Gasteiger partial charge in [-0.1, -0.05) is 13.8 Å². The lowest BCUT2D eigenvalue weighted by atomic mass is 10.1. The van der Waals surface area contributed by atoms with Gasteiger partial charge in [-0.3, -0.25) is 0 Å². The number of benzene rings is 1. The van der Waals surface area contributed by atoms with Gasteiger partial charge in [0.15, 0.2) is 0 Å². The summed E-state index contributed by atoms with van der Waals surface area (Å²) in [5.74, 6) is 1.11. The van der Waals surface area contributed by atoms with Crippen LogP contribution >= 0.6 is 0 Å². The Balaban J connectivity index is 2.56. The smallest absolute Gasteiger partial charge is 0.420 e. The summed E-state index contributed by atoms with van der Waals surface area (Å²) in [4.78, 5) is 17.0. The van der Waals surface area contributed by atoms with Gasteiger partial charge in [0.05, 0.1) is 11.0 Å². The van der Waals surface area contributed by atoms with Crippen LogP contribution in [0, 0.1) is 5.92 Å². The van der Waals surface area contributed by atoms with Gasteiger partial charge in [-0.15, -0.1) is 0 Å². The van der Waals surface area contributed by atoms with Gasteiger partial charge in [0, 0.05) is 12.5 Å². The van der Waals surface area contributed by atoms with Crippen molar-refractivity contribution in [3.05, 3.63) is 24.0 Å². The van der Waals surface area contributed by atoms with Crippen LogP contribution in [0.25, 0.3) is 11.0 Å². The van der Waals surface area contributed by atoms with Crippen molar-refractivity contribution in [2.75, 3.05) is 0 Å². The lowest BCUT2D eigenvalue weighted by Crippen LogP contribution is -2.28. The van der Waals surface area contributed by atoms with Crippen molar-refractivity contribution in [2.24, 2.45) is 5.92 Å². The fraction of sp³-hybridized carbons (Fsp3) is 0.500. The molecule has 2 rings (SSSR count). The number of aromatic nitrogens is 2. The predicted octanol–water partition coefficient (Wildman–Crippen LogP) is 3.72. The number of phenols is 1. The largest absolute Gasteiger partial charge is 0.508 e. The average molecular weight is 290 g/mol. The maximum Gasteiger partial charge on any atom is 0.420 e. The van der Waals surface area contributed by atoms with Gasteiger partial charge in [0.2, 0.25) is 0 Å². The molecule has 1 heterocycles. The van der Waals surface area contributed by atoms with Gasteiger partial charge in [-0.25, -0.2) is 14.3 Å². The minimum Gasteiger partial charge on any atom is -0.508 e. The molecular weight excluding hydrogens is 268 g/mol. The topological polar surface area (TPSA) is 64.4 Å². The van der Waals surface area contributed by atoms with E-state index in [0.717, 1.165) is 0 Å². The Labute approximate surface area is 124 Å². The number of hydrogen-bond acceptors (Lipinski definition) is 4. The first-order chi connectivity index (χ1) is 9.67. The molecule has 0 bridgehead atoms. The third-order valence-electron chi connectivity index (χ3n) is 2.87. The van der Waals surface area contributed by atoms with Crippen LogP contribution in [0.2, 0.25) is 0 Å². The molecule has 0 radical (unpaired) electrons. The van der Waals surface area contributed by atoms with Crippen LogP contribution < -0.4 is 0 Å². The summed E-state index contributed by atoms with van der Waals surface area (Å²) >= 11 is 0. The molecule has 0 amide bonds. The van der Waals surface area contributed by atoms with Crippen molar-refractivity contribution >= 4 is 17.1 Å². The normalized spacial score (nSPS) is 12.1. The third-order valence-corrected chi connectivity index (χ3v) is 2.87. The lowest BCUT2D eigenvalue weighted by Gasteiger charge is -2.20. The highest BCUT2D eigenvalue weighted by Gasteiger charge is 2.23. The molecule has 1 aromatic heterocycles. The van der Waals surface area contributed by atoms with E-state index in [1.54, 1.807) is 12.1 Å². The fourth-order valence-electron chi connectivity index (χ4n) is 2.13. The van der Waals surface area contributed by atoms with E-state index < -0.39 is 11.7 Å². The molecule has 2 aromatic rings. The third kappa shape index (κ3) is 3.54. The molecule has 114 valence electrons. The van der Waals surface area contributed by atoms with Crippen molar-refractivity contribution in [1.82, 2.24) is 9.55 Å². The van der Waals surface area contributed by atoms with Gasteiger partial charge in [0.25, 0.3) is 0 Å². The van der Waals surface area contributed by atoms with E-state index in [0.29, 0.717) is 29.2 Å². The lowest BCUT2D eigenvalue weighted by molar-refractivity contribution is 0.0538. The number of aromatic hydroxyl groups is 1. The molecule has 0 aliphatic carbocycles. The van der Waals surface area contributed by atoms with E-state index in [9.17, 15) is 9.90 Å². The standard InChI is InChI=1S/C16H22N2O3/c1-10(2)8-14-17-12-7-6-11(19)9-13(12)18(14)15(20)21-16(3,4)5/h6-7,9-10,19H,8H2,1-5H3. The zero-order chi connectivity index (χ0) is 15.8. The van der Waals surface area contributed by atoms with E-state index in [4.69, 9.17) is 4.74 Å². The first-order valence-corrected chi connectivity index (χ1v) is 7.11. The summed E-state index contributed by atoms with van der Waals surface area (Å²) < 4.78 is 6.91.